The van der Waals surface area contributed by atoms with Crippen molar-refractivity contribution in [3.8, 4) is 0 Å². The Morgan fingerprint density at radius 1 is 1.21 bits per heavy atom. The quantitative estimate of drug-likeness (QED) is 0.311. The van der Waals surface area contributed by atoms with Crippen molar-refractivity contribution in [3.63, 3.8) is 0 Å². The molecular weight excluding hydrogens is 524 g/mol. The van der Waals surface area contributed by atoms with E-state index in [0.29, 0.717) is 28.8 Å². The summed E-state index contributed by atoms with van der Waals surface area (Å²) < 4.78 is 1.82. The van der Waals surface area contributed by atoms with Crippen LogP contribution in [0.25, 0.3) is 0 Å². The number of rotatable bonds is 7. The predicted octanol–water partition coefficient (Wildman–Crippen LogP) is 3.95. The molecular formula is C20H28Cl2IN5O. The molecule has 0 fully saturated rings. The van der Waals surface area contributed by atoms with Gasteiger partial charge in [-0.05, 0) is 37.1 Å². The summed E-state index contributed by atoms with van der Waals surface area (Å²) in [6.45, 7) is 3.93. The van der Waals surface area contributed by atoms with Crippen molar-refractivity contribution in [3.05, 3.63) is 57.3 Å². The molecule has 2 rings (SSSR count). The molecule has 0 bridgehead atoms. The van der Waals surface area contributed by atoms with E-state index in [1.54, 1.807) is 19.0 Å². The van der Waals surface area contributed by atoms with Crippen molar-refractivity contribution >= 4 is 59.0 Å². The minimum absolute atomic E-state index is 0. The number of halogens is 3. The van der Waals surface area contributed by atoms with Gasteiger partial charge in [0, 0.05) is 45.5 Å². The van der Waals surface area contributed by atoms with Crippen LogP contribution in [0.3, 0.4) is 0 Å². The molecule has 0 aliphatic rings. The highest BCUT2D eigenvalue weighted by Gasteiger charge is 2.10. The minimum atomic E-state index is 0. The molecule has 0 aliphatic carbocycles. The number of guanidine groups is 1. The van der Waals surface area contributed by atoms with E-state index in [2.05, 4.69) is 15.6 Å². The third-order valence-electron chi connectivity index (χ3n) is 4.25. The van der Waals surface area contributed by atoms with E-state index in [1.807, 2.05) is 48.9 Å². The van der Waals surface area contributed by atoms with Crippen LogP contribution in [0, 0.1) is 0 Å². The molecule has 6 nitrogen and oxygen atoms in total. The SMILES string of the molecule is CCNC(=NCc1cc(Cl)c(Cl)n1C)NCCc1cccc(C(=O)N(C)C)c1.I. The van der Waals surface area contributed by atoms with Crippen molar-refractivity contribution in [2.24, 2.45) is 12.0 Å². The first-order chi connectivity index (χ1) is 13.3. The fourth-order valence-corrected chi connectivity index (χ4v) is 3.10. The van der Waals surface area contributed by atoms with Gasteiger partial charge in [0.2, 0.25) is 0 Å². The van der Waals surface area contributed by atoms with Crippen LogP contribution in [0.4, 0.5) is 0 Å². The van der Waals surface area contributed by atoms with Gasteiger partial charge in [-0.1, -0.05) is 35.3 Å². The number of aromatic nitrogens is 1. The molecule has 0 saturated carbocycles. The molecule has 1 aromatic heterocycles. The number of carbonyl (C=O) groups is 1. The molecule has 1 aromatic carbocycles. The van der Waals surface area contributed by atoms with E-state index >= 15 is 0 Å². The molecule has 2 N–H and O–H groups in total. The average Bonchev–Trinajstić information content (AvgIpc) is 2.92. The van der Waals surface area contributed by atoms with Gasteiger partial charge in [-0.3, -0.25) is 4.79 Å². The highest BCUT2D eigenvalue weighted by atomic mass is 127. The second kappa shape index (κ2) is 12.3. The Kier molecular flexibility index (Phi) is 10.8. The standard InChI is InChI=1S/C20H27Cl2N5O.HI/c1-5-23-20(25-13-16-12-17(21)18(22)27(16)4)24-10-9-14-7-6-8-15(11-14)19(28)26(2)3;/h6-8,11-12H,5,9-10,13H2,1-4H3,(H2,23,24,25);1H. The van der Waals surface area contributed by atoms with Gasteiger partial charge >= 0.3 is 0 Å². The molecule has 160 valence electrons. The maximum atomic E-state index is 12.1. The van der Waals surface area contributed by atoms with Gasteiger partial charge < -0.3 is 20.1 Å². The van der Waals surface area contributed by atoms with Gasteiger partial charge in [-0.2, -0.15) is 0 Å². The van der Waals surface area contributed by atoms with Gasteiger partial charge in [0.15, 0.2) is 5.96 Å². The number of aliphatic imine (C=N–C) groups is 1. The lowest BCUT2D eigenvalue weighted by Crippen LogP contribution is -2.38. The van der Waals surface area contributed by atoms with Crippen LogP contribution in [-0.2, 0) is 20.0 Å². The number of benzene rings is 1. The van der Waals surface area contributed by atoms with E-state index in [1.165, 1.54) is 0 Å². The highest BCUT2D eigenvalue weighted by Crippen LogP contribution is 2.25. The van der Waals surface area contributed by atoms with Gasteiger partial charge in [0.25, 0.3) is 5.91 Å². The lowest BCUT2D eigenvalue weighted by Gasteiger charge is -2.13. The molecule has 2 aromatic rings. The molecule has 0 aliphatic heterocycles. The third kappa shape index (κ3) is 7.38. The summed E-state index contributed by atoms with van der Waals surface area (Å²) >= 11 is 12.2. The Labute approximate surface area is 199 Å². The molecule has 29 heavy (non-hydrogen) atoms. The van der Waals surface area contributed by atoms with Gasteiger partial charge in [-0.25, -0.2) is 4.99 Å². The Bertz CT molecular complexity index is 851. The monoisotopic (exact) mass is 551 g/mol. The third-order valence-corrected chi connectivity index (χ3v) is 5.09. The molecule has 0 unspecified atom stereocenters. The summed E-state index contributed by atoms with van der Waals surface area (Å²) in [6, 6.07) is 9.52. The summed E-state index contributed by atoms with van der Waals surface area (Å²) in [7, 11) is 5.37. The van der Waals surface area contributed by atoms with Crippen LogP contribution in [0.2, 0.25) is 10.2 Å². The summed E-state index contributed by atoms with van der Waals surface area (Å²) in [5.74, 6) is 0.723. The lowest BCUT2D eigenvalue weighted by atomic mass is 10.1. The van der Waals surface area contributed by atoms with Gasteiger partial charge in [0.05, 0.1) is 11.6 Å². The maximum absolute atomic E-state index is 12.1. The Balaban J connectivity index is 0.00000420. The van der Waals surface area contributed by atoms with Crippen molar-refractivity contribution < 1.29 is 4.79 Å². The Hall–Kier alpha value is -1.45. The van der Waals surface area contributed by atoms with Crippen LogP contribution in [0.5, 0.6) is 0 Å². The molecule has 9 heteroatoms. The zero-order chi connectivity index (χ0) is 20.7. The zero-order valence-corrected chi connectivity index (χ0v) is 21.0. The van der Waals surface area contributed by atoms with Crippen LogP contribution < -0.4 is 10.6 Å². The number of hydrogen-bond acceptors (Lipinski definition) is 2. The first-order valence-electron chi connectivity index (χ1n) is 9.15. The van der Waals surface area contributed by atoms with Crippen molar-refractivity contribution in [2.75, 3.05) is 27.2 Å². The van der Waals surface area contributed by atoms with Crippen molar-refractivity contribution in [1.29, 1.82) is 0 Å². The molecule has 0 atom stereocenters. The van der Waals surface area contributed by atoms with Gasteiger partial charge in [-0.15, -0.1) is 24.0 Å². The molecule has 1 heterocycles. The van der Waals surface area contributed by atoms with Crippen LogP contribution in [0.15, 0.2) is 35.3 Å². The number of nitrogens with one attached hydrogen (secondary N) is 2. The summed E-state index contributed by atoms with van der Waals surface area (Å²) in [5, 5.41) is 7.59. The number of amides is 1. The molecule has 1 amide bonds. The summed E-state index contributed by atoms with van der Waals surface area (Å²) in [6.07, 6.45) is 0.779. The average molecular weight is 552 g/mol. The lowest BCUT2D eigenvalue weighted by molar-refractivity contribution is 0.0827. The molecule has 0 radical (unpaired) electrons. The topological polar surface area (TPSA) is 61.7 Å². The second-order valence-electron chi connectivity index (χ2n) is 6.61. The first kappa shape index (κ1) is 25.6. The normalized spacial score (nSPS) is 11.0. The van der Waals surface area contributed by atoms with E-state index in [9.17, 15) is 4.79 Å². The van der Waals surface area contributed by atoms with Crippen LogP contribution in [-0.4, -0.2) is 48.5 Å². The van der Waals surface area contributed by atoms with E-state index < -0.39 is 0 Å². The van der Waals surface area contributed by atoms with E-state index in [0.717, 1.165) is 30.2 Å². The first-order valence-corrected chi connectivity index (χ1v) is 9.91. The minimum Gasteiger partial charge on any atom is -0.357 e. The number of nitrogens with zero attached hydrogens (tertiary/aromatic N) is 3. The number of hydrogen-bond donors (Lipinski definition) is 2. The predicted molar refractivity (Wildman–Crippen MR) is 132 cm³/mol. The molecule has 0 spiro atoms. The van der Waals surface area contributed by atoms with Crippen molar-refractivity contribution in [1.82, 2.24) is 20.1 Å². The second-order valence-corrected chi connectivity index (χ2v) is 7.37. The maximum Gasteiger partial charge on any atom is 0.253 e. The largest absolute Gasteiger partial charge is 0.357 e. The van der Waals surface area contributed by atoms with Gasteiger partial charge in [0.1, 0.15) is 5.15 Å². The summed E-state index contributed by atoms with van der Waals surface area (Å²) in [5.41, 5.74) is 2.72. The molecule has 0 saturated heterocycles. The van der Waals surface area contributed by atoms with Crippen LogP contribution in [0.1, 0.15) is 28.5 Å². The fraction of sp³-hybridized carbons (Fsp3) is 0.400. The smallest absolute Gasteiger partial charge is 0.253 e. The zero-order valence-electron chi connectivity index (χ0n) is 17.1. The Morgan fingerprint density at radius 3 is 2.52 bits per heavy atom. The fourth-order valence-electron chi connectivity index (χ4n) is 2.69. The Morgan fingerprint density at radius 2 is 1.93 bits per heavy atom. The summed E-state index contributed by atoms with van der Waals surface area (Å²) in [4.78, 5) is 18.3. The van der Waals surface area contributed by atoms with E-state index in [4.69, 9.17) is 23.2 Å². The van der Waals surface area contributed by atoms with Crippen LogP contribution >= 0.6 is 47.2 Å². The number of carbonyl (C=O) groups excluding carboxylic acids is 1. The van der Waals surface area contributed by atoms with E-state index in [-0.39, 0.29) is 29.9 Å². The highest BCUT2D eigenvalue weighted by molar-refractivity contribution is 14.0. The van der Waals surface area contributed by atoms with Crippen molar-refractivity contribution in [2.45, 2.75) is 19.9 Å².